The molecule has 0 bridgehead atoms. The molecule has 4 N–H and O–H groups in total. The molecule has 0 aromatic heterocycles. The standard InChI is InChI=1S/C12H13F3N2O2S/c1-2-6-3-7(12(13,14)15)5-8(10(18)19)9(4-6)17-11(16)20/h3-6H,2H2,1H3,(H,18,19)(H3,16,17,20). The van der Waals surface area contributed by atoms with Crippen molar-refractivity contribution in [3.05, 3.63) is 35.1 Å². The molecule has 0 radical (unpaired) electrons. The van der Waals surface area contributed by atoms with Crippen LogP contribution in [0.25, 0.3) is 0 Å². The van der Waals surface area contributed by atoms with Gasteiger partial charge in [0.05, 0.1) is 16.8 Å². The van der Waals surface area contributed by atoms with Crippen molar-refractivity contribution in [1.29, 1.82) is 0 Å². The summed E-state index contributed by atoms with van der Waals surface area (Å²) in [6, 6.07) is 0. The number of halogens is 3. The van der Waals surface area contributed by atoms with Gasteiger partial charge >= 0.3 is 12.1 Å². The first-order valence-corrected chi connectivity index (χ1v) is 6.08. The zero-order valence-electron chi connectivity index (χ0n) is 10.5. The number of nitrogens with two attached hydrogens (primary N) is 1. The average Bonchev–Trinajstić information content (AvgIpc) is 2.47. The first-order chi connectivity index (χ1) is 9.15. The van der Waals surface area contributed by atoms with Gasteiger partial charge in [-0.15, -0.1) is 0 Å². The van der Waals surface area contributed by atoms with Crippen LogP contribution < -0.4 is 11.1 Å². The summed E-state index contributed by atoms with van der Waals surface area (Å²) in [5.41, 5.74) is 3.70. The maximum atomic E-state index is 12.9. The molecule has 4 nitrogen and oxygen atoms in total. The first-order valence-electron chi connectivity index (χ1n) is 5.67. The monoisotopic (exact) mass is 306 g/mol. The number of nitrogens with one attached hydrogen (secondary N) is 1. The van der Waals surface area contributed by atoms with E-state index in [0.29, 0.717) is 12.5 Å². The maximum Gasteiger partial charge on any atom is 0.416 e. The Morgan fingerprint density at radius 3 is 2.50 bits per heavy atom. The van der Waals surface area contributed by atoms with Crippen molar-refractivity contribution in [3.8, 4) is 0 Å². The molecule has 0 saturated carbocycles. The van der Waals surface area contributed by atoms with Crippen LogP contribution >= 0.6 is 12.2 Å². The molecule has 0 saturated heterocycles. The van der Waals surface area contributed by atoms with Gasteiger partial charge in [0.1, 0.15) is 0 Å². The topological polar surface area (TPSA) is 75.3 Å². The van der Waals surface area contributed by atoms with Crippen molar-refractivity contribution in [1.82, 2.24) is 5.32 Å². The fourth-order valence-corrected chi connectivity index (χ4v) is 1.80. The van der Waals surface area contributed by atoms with Crippen molar-refractivity contribution in [2.45, 2.75) is 19.5 Å². The lowest BCUT2D eigenvalue weighted by atomic mass is 10.0. The highest BCUT2D eigenvalue weighted by Crippen LogP contribution is 2.33. The van der Waals surface area contributed by atoms with E-state index in [0.717, 1.165) is 6.08 Å². The molecule has 1 aliphatic carbocycles. The molecule has 20 heavy (non-hydrogen) atoms. The number of aliphatic carboxylic acids is 1. The van der Waals surface area contributed by atoms with Gasteiger partial charge in [0.2, 0.25) is 0 Å². The van der Waals surface area contributed by atoms with Crippen LogP contribution in [0.4, 0.5) is 13.2 Å². The maximum absolute atomic E-state index is 12.9. The summed E-state index contributed by atoms with van der Waals surface area (Å²) in [4.78, 5) is 11.1. The van der Waals surface area contributed by atoms with Crippen molar-refractivity contribution >= 4 is 23.3 Å². The highest BCUT2D eigenvalue weighted by Gasteiger charge is 2.35. The molecule has 0 aliphatic heterocycles. The van der Waals surface area contributed by atoms with Gasteiger partial charge in [0.15, 0.2) is 5.11 Å². The van der Waals surface area contributed by atoms with E-state index < -0.39 is 29.2 Å². The molecule has 110 valence electrons. The summed E-state index contributed by atoms with van der Waals surface area (Å²) in [5, 5.41) is 11.3. The van der Waals surface area contributed by atoms with Crippen LogP contribution in [0.5, 0.6) is 0 Å². The Bertz CT molecular complexity index is 521. The molecule has 1 unspecified atom stereocenters. The second-order valence-corrected chi connectivity index (χ2v) is 4.56. The molecular formula is C12H13F3N2O2S. The Labute approximate surface area is 118 Å². The molecule has 0 heterocycles. The molecule has 8 heteroatoms. The number of hydrogen-bond acceptors (Lipinski definition) is 2. The summed E-state index contributed by atoms with van der Waals surface area (Å²) in [7, 11) is 0. The molecule has 0 aromatic rings. The Balaban J connectivity index is 3.37. The average molecular weight is 306 g/mol. The number of thiocarbonyl (C=S) groups is 1. The largest absolute Gasteiger partial charge is 0.478 e. The normalized spacial score (nSPS) is 19.4. The SMILES string of the molecule is CCC1C=C(NC(N)=S)C(C(=O)O)=CC(C(F)(F)F)=C1. The highest BCUT2D eigenvalue weighted by molar-refractivity contribution is 7.80. The number of carboxylic acid groups (broad SMARTS) is 1. The lowest BCUT2D eigenvalue weighted by Gasteiger charge is -2.11. The van der Waals surface area contributed by atoms with E-state index in [1.165, 1.54) is 6.08 Å². The molecule has 0 spiro atoms. The number of carbonyl (C=O) groups is 1. The van der Waals surface area contributed by atoms with Gasteiger partial charge in [-0.1, -0.05) is 19.1 Å². The Hall–Kier alpha value is -1.83. The van der Waals surface area contributed by atoms with Gasteiger partial charge in [0, 0.05) is 0 Å². The van der Waals surface area contributed by atoms with E-state index in [1.807, 2.05) is 0 Å². The van der Waals surface area contributed by atoms with Gasteiger partial charge in [-0.3, -0.25) is 0 Å². The van der Waals surface area contributed by atoms with Crippen molar-refractivity contribution in [2.75, 3.05) is 0 Å². The number of hydrogen-bond donors (Lipinski definition) is 3. The molecular weight excluding hydrogens is 293 g/mol. The third kappa shape index (κ3) is 4.09. The summed E-state index contributed by atoms with van der Waals surface area (Å²) in [5.74, 6) is -2.07. The summed E-state index contributed by atoms with van der Waals surface area (Å²) in [6.45, 7) is 1.69. The van der Waals surface area contributed by atoms with Gasteiger partial charge in [-0.25, -0.2) is 4.79 Å². The Kier molecular flexibility index (Phi) is 4.93. The third-order valence-electron chi connectivity index (χ3n) is 2.65. The van der Waals surface area contributed by atoms with E-state index >= 15 is 0 Å². The second-order valence-electron chi connectivity index (χ2n) is 4.12. The lowest BCUT2D eigenvalue weighted by Crippen LogP contribution is -2.31. The molecule has 0 amide bonds. The second kappa shape index (κ2) is 6.08. The van der Waals surface area contributed by atoms with E-state index in [1.54, 1.807) is 6.92 Å². The van der Waals surface area contributed by atoms with Crippen LogP contribution in [0.2, 0.25) is 0 Å². The number of carboxylic acids is 1. The third-order valence-corrected chi connectivity index (χ3v) is 2.75. The van der Waals surface area contributed by atoms with Crippen LogP contribution in [0.1, 0.15) is 13.3 Å². The quantitative estimate of drug-likeness (QED) is 0.697. The smallest absolute Gasteiger partial charge is 0.416 e. The van der Waals surface area contributed by atoms with E-state index in [2.05, 4.69) is 17.5 Å². The van der Waals surface area contributed by atoms with Crippen molar-refractivity contribution in [3.63, 3.8) is 0 Å². The number of allylic oxidation sites excluding steroid dienone is 4. The van der Waals surface area contributed by atoms with Crippen molar-refractivity contribution < 1.29 is 23.1 Å². The molecule has 0 fully saturated rings. The van der Waals surface area contributed by atoms with E-state index in [-0.39, 0.29) is 10.8 Å². The lowest BCUT2D eigenvalue weighted by molar-refractivity contribution is -0.132. The van der Waals surface area contributed by atoms with Gasteiger partial charge in [0.25, 0.3) is 0 Å². The first kappa shape index (κ1) is 16.2. The minimum absolute atomic E-state index is 0.0349. The minimum atomic E-state index is -4.62. The minimum Gasteiger partial charge on any atom is -0.478 e. The van der Waals surface area contributed by atoms with Crippen LogP contribution in [0.3, 0.4) is 0 Å². The predicted molar refractivity (Wildman–Crippen MR) is 71.6 cm³/mol. The molecule has 0 aromatic carbocycles. The fourth-order valence-electron chi connectivity index (χ4n) is 1.69. The summed E-state index contributed by atoms with van der Waals surface area (Å²) < 4.78 is 38.6. The van der Waals surface area contributed by atoms with Crippen LogP contribution in [-0.4, -0.2) is 22.4 Å². The summed E-state index contributed by atoms with van der Waals surface area (Å²) >= 11 is 4.60. The van der Waals surface area contributed by atoms with E-state index in [9.17, 15) is 18.0 Å². The molecule has 1 aliphatic rings. The van der Waals surface area contributed by atoms with E-state index in [4.69, 9.17) is 10.8 Å². The number of rotatable bonds is 3. The Morgan fingerprint density at radius 1 is 1.50 bits per heavy atom. The van der Waals surface area contributed by atoms with Crippen LogP contribution in [0.15, 0.2) is 35.1 Å². The molecule has 1 rings (SSSR count). The van der Waals surface area contributed by atoms with Crippen LogP contribution in [-0.2, 0) is 4.79 Å². The zero-order valence-corrected chi connectivity index (χ0v) is 11.3. The molecule has 1 atom stereocenters. The van der Waals surface area contributed by atoms with Gasteiger partial charge in [-0.2, -0.15) is 13.2 Å². The van der Waals surface area contributed by atoms with Gasteiger partial charge in [-0.05, 0) is 30.6 Å². The highest BCUT2D eigenvalue weighted by atomic mass is 32.1. The van der Waals surface area contributed by atoms with Crippen LogP contribution in [0, 0.1) is 5.92 Å². The fraction of sp³-hybridized carbons (Fsp3) is 0.333. The predicted octanol–water partition coefficient (Wildman–Crippen LogP) is 2.24. The Morgan fingerprint density at radius 2 is 2.10 bits per heavy atom. The zero-order chi connectivity index (χ0) is 15.5. The number of alkyl halides is 3. The van der Waals surface area contributed by atoms with Crippen molar-refractivity contribution in [2.24, 2.45) is 11.7 Å². The summed E-state index contributed by atoms with van der Waals surface area (Å²) in [6.07, 6.45) is -1.31. The van der Waals surface area contributed by atoms with Gasteiger partial charge < -0.3 is 16.2 Å².